The molecule has 0 aromatic heterocycles. The van der Waals surface area contributed by atoms with Crippen LogP contribution < -0.4 is 0 Å². The number of hydrogen-bond acceptors (Lipinski definition) is 1. The van der Waals surface area contributed by atoms with Gasteiger partial charge in [0.25, 0.3) is 0 Å². The zero-order chi connectivity index (χ0) is 14.0. The first-order valence-corrected chi connectivity index (χ1v) is 6.93. The van der Waals surface area contributed by atoms with Crippen molar-refractivity contribution >= 4 is 0 Å². The lowest BCUT2D eigenvalue weighted by Crippen LogP contribution is -2.72. The summed E-state index contributed by atoms with van der Waals surface area (Å²) in [6, 6.07) is 13.5. The van der Waals surface area contributed by atoms with Crippen LogP contribution in [-0.2, 0) is 0 Å². The van der Waals surface area contributed by atoms with Gasteiger partial charge in [0, 0.05) is 0 Å². The quantitative estimate of drug-likeness (QED) is 0.599. The van der Waals surface area contributed by atoms with Crippen molar-refractivity contribution in [3.05, 3.63) is 47.5 Å². The van der Waals surface area contributed by atoms with Gasteiger partial charge in [0.2, 0.25) is 0 Å². The van der Waals surface area contributed by atoms with Gasteiger partial charge in [-0.05, 0) is 32.4 Å². The molecule has 0 N–H and O–H groups in total. The highest BCUT2D eigenvalue weighted by Gasteiger charge is 2.58. The lowest BCUT2D eigenvalue weighted by molar-refractivity contribution is -0.987. The van der Waals surface area contributed by atoms with Crippen LogP contribution in [0.15, 0.2) is 42.0 Å². The molecule has 0 bridgehead atoms. The Labute approximate surface area is 116 Å². The van der Waals surface area contributed by atoms with Crippen molar-refractivity contribution in [3.8, 4) is 6.07 Å². The summed E-state index contributed by atoms with van der Waals surface area (Å²) in [5.74, 6) is 0.363. The van der Waals surface area contributed by atoms with Gasteiger partial charge in [-0.1, -0.05) is 35.9 Å². The van der Waals surface area contributed by atoms with Crippen molar-refractivity contribution in [2.45, 2.75) is 38.8 Å². The van der Waals surface area contributed by atoms with Crippen LogP contribution >= 0.6 is 0 Å². The van der Waals surface area contributed by atoms with Crippen LogP contribution in [0.3, 0.4) is 0 Å². The molecule has 0 amide bonds. The fraction of sp³-hybridized carbons (Fsp3) is 0.471. The minimum atomic E-state index is 0.0630. The molecule has 0 unspecified atom stereocenters. The van der Waals surface area contributed by atoms with E-state index in [1.165, 1.54) is 11.1 Å². The maximum Gasteiger partial charge on any atom is 0.189 e. The molecule has 100 valence electrons. The topological polar surface area (TPSA) is 23.8 Å². The zero-order valence-corrected chi connectivity index (χ0v) is 12.3. The van der Waals surface area contributed by atoms with Gasteiger partial charge in [-0.15, -0.1) is 0 Å². The van der Waals surface area contributed by atoms with Crippen molar-refractivity contribution < 1.29 is 4.48 Å². The average Bonchev–Trinajstić information content (AvgIpc) is 2.42. The number of hydrogen-bond donors (Lipinski definition) is 0. The Morgan fingerprint density at radius 1 is 1.32 bits per heavy atom. The predicted octanol–water partition coefficient (Wildman–Crippen LogP) is 3.48. The van der Waals surface area contributed by atoms with Crippen molar-refractivity contribution in [3.63, 3.8) is 0 Å². The molecule has 1 aromatic carbocycles. The lowest BCUT2D eigenvalue weighted by atomic mass is 9.73. The van der Waals surface area contributed by atoms with Gasteiger partial charge in [0.05, 0.1) is 13.6 Å². The highest BCUT2D eigenvalue weighted by atomic mass is 15.4. The second-order valence-corrected chi connectivity index (χ2v) is 6.06. The number of likely N-dealkylation sites (N-methyl/N-ethyl adjacent to an activating group) is 1. The lowest BCUT2D eigenvalue weighted by Gasteiger charge is -2.57. The van der Waals surface area contributed by atoms with E-state index in [4.69, 9.17) is 0 Å². The molecule has 1 heterocycles. The first kappa shape index (κ1) is 13.8. The fourth-order valence-corrected chi connectivity index (χ4v) is 3.16. The second-order valence-electron chi connectivity index (χ2n) is 6.06. The summed E-state index contributed by atoms with van der Waals surface area (Å²) in [7, 11) is 2.21. The number of nitriles is 1. The summed E-state index contributed by atoms with van der Waals surface area (Å²) >= 11 is 0. The molecule has 2 rings (SSSR count). The first-order valence-electron chi connectivity index (χ1n) is 6.93. The Hall–Kier alpha value is -1.59. The Morgan fingerprint density at radius 3 is 2.47 bits per heavy atom. The average molecular weight is 255 g/mol. The van der Waals surface area contributed by atoms with Gasteiger partial charge in [0.1, 0.15) is 18.0 Å². The highest BCUT2D eigenvalue weighted by molar-refractivity contribution is 5.27. The van der Waals surface area contributed by atoms with Crippen molar-refractivity contribution in [2.24, 2.45) is 0 Å². The molecule has 1 aliphatic rings. The van der Waals surface area contributed by atoms with E-state index < -0.39 is 0 Å². The summed E-state index contributed by atoms with van der Waals surface area (Å²) in [6.07, 6.45) is 2.25. The second kappa shape index (κ2) is 5.19. The van der Waals surface area contributed by atoms with Gasteiger partial charge >= 0.3 is 0 Å². The molecule has 0 saturated carbocycles. The Morgan fingerprint density at radius 2 is 1.95 bits per heavy atom. The van der Waals surface area contributed by atoms with Crippen molar-refractivity contribution in [2.75, 3.05) is 13.6 Å². The van der Waals surface area contributed by atoms with Gasteiger partial charge in [-0.25, -0.2) is 0 Å². The van der Waals surface area contributed by atoms with E-state index in [-0.39, 0.29) is 6.04 Å². The van der Waals surface area contributed by atoms with Gasteiger partial charge in [-0.2, -0.15) is 5.26 Å². The number of quaternary nitrogens is 1. The number of likely N-dealkylation sites (tertiary alicyclic amines) is 1. The Balaban J connectivity index is 2.24. The molecule has 2 heteroatoms. The molecule has 1 aliphatic heterocycles. The van der Waals surface area contributed by atoms with E-state index in [1.807, 2.05) is 6.07 Å². The van der Waals surface area contributed by atoms with Crippen LogP contribution in [0.2, 0.25) is 0 Å². The normalized spacial score (nSPS) is 33.1. The van der Waals surface area contributed by atoms with Crippen molar-refractivity contribution in [1.29, 1.82) is 5.26 Å². The standard InChI is InChI=1S/C17H23N2/c1-13(2)10-11-19(4)14(3)17(16(19)12-18)15-8-6-5-7-9-15/h5-10,14,16-17H,11H2,1-4H3/q+1/t14-,16+,17+,19+/m0/s1. The van der Waals surface area contributed by atoms with E-state index >= 15 is 0 Å². The summed E-state index contributed by atoms with van der Waals surface area (Å²) in [5.41, 5.74) is 2.63. The number of benzene rings is 1. The molecular formula is C17H23N2+. The van der Waals surface area contributed by atoms with Gasteiger partial charge in [-0.3, -0.25) is 0 Å². The molecule has 1 aromatic rings. The smallest absolute Gasteiger partial charge is 0.189 e. The molecular weight excluding hydrogens is 232 g/mol. The highest BCUT2D eigenvalue weighted by Crippen LogP contribution is 2.45. The largest absolute Gasteiger partial charge is 0.305 e. The van der Waals surface area contributed by atoms with Gasteiger partial charge < -0.3 is 4.48 Å². The minimum Gasteiger partial charge on any atom is -0.305 e. The molecule has 1 saturated heterocycles. The van der Waals surface area contributed by atoms with Crippen LogP contribution in [0.25, 0.3) is 0 Å². The van der Waals surface area contributed by atoms with Gasteiger partial charge in [0.15, 0.2) is 6.04 Å². The van der Waals surface area contributed by atoms with E-state index in [2.05, 4.69) is 64.2 Å². The third-order valence-corrected chi connectivity index (χ3v) is 4.64. The van der Waals surface area contributed by atoms with E-state index in [9.17, 15) is 5.26 Å². The van der Waals surface area contributed by atoms with Crippen LogP contribution in [0.1, 0.15) is 32.3 Å². The summed E-state index contributed by atoms with van der Waals surface area (Å²) in [4.78, 5) is 0. The Kier molecular flexibility index (Phi) is 3.78. The minimum absolute atomic E-state index is 0.0630. The molecule has 2 nitrogen and oxygen atoms in total. The van der Waals surface area contributed by atoms with Crippen LogP contribution in [-0.4, -0.2) is 30.2 Å². The predicted molar refractivity (Wildman–Crippen MR) is 78.5 cm³/mol. The van der Waals surface area contributed by atoms with Crippen molar-refractivity contribution in [1.82, 2.24) is 0 Å². The fourth-order valence-electron chi connectivity index (χ4n) is 3.16. The number of allylic oxidation sites excluding steroid dienone is 1. The molecule has 4 atom stereocenters. The Bertz CT molecular complexity index is 508. The van der Waals surface area contributed by atoms with Crippen LogP contribution in [0.5, 0.6) is 0 Å². The maximum atomic E-state index is 9.55. The third-order valence-electron chi connectivity index (χ3n) is 4.64. The number of rotatable bonds is 3. The summed E-state index contributed by atoms with van der Waals surface area (Å²) in [6.45, 7) is 7.45. The molecule has 0 spiro atoms. The molecule has 0 radical (unpaired) electrons. The third kappa shape index (κ3) is 2.31. The summed E-state index contributed by atoms with van der Waals surface area (Å²) < 4.78 is 0.835. The molecule has 1 fully saturated rings. The summed E-state index contributed by atoms with van der Waals surface area (Å²) in [5, 5.41) is 9.55. The number of nitrogens with zero attached hydrogens (tertiary/aromatic N) is 2. The first-order chi connectivity index (χ1) is 9.00. The maximum absolute atomic E-state index is 9.55. The molecule has 19 heavy (non-hydrogen) atoms. The zero-order valence-electron chi connectivity index (χ0n) is 12.3. The SMILES string of the molecule is CC(C)=CC[N@@+]1(C)[C@H](C#N)[C@@H](c2ccccc2)[C@@H]1C. The molecule has 0 aliphatic carbocycles. The van der Waals surface area contributed by atoms with E-state index in [0.717, 1.165) is 11.0 Å². The monoisotopic (exact) mass is 255 g/mol. The van der Waals surface area contributed by atoms with E-state index in [1.54, 1.807) is 0 Å². The van der Waals surface area contributed by atoms with E-state index in [0.29, 0.717) is 12.0 Å². The van der Waals surface area contributed by atoms with Crippen LogP contribution in [0.4, 0.5) is 0 Å². The van der Waals surface area contributed by atoms with Crippen LogP contribution in [0, 0.1) is 11.3 Å².